The molecule has 0 aromatic heterocycles. The molecule has 0 aliphatic carbocycles. The molecular formula is C24H36FN5O3. The highest BCUT2D eigenvalue weighted by Crippen LogP contribution is 2.26. The van der Waals surface area contributed by atoms with Gasteiger partial charge in [0.25, 0.3) is 0 Å². The number of benzene rings is 1. The number of carbonyl (C=O) groups is 2. The largest absolute Gasteiger partial charge is 0.379 e. The van der Waals surface area contributed by atoms with Crippen LogP contribution in [0.25, 0.3) is 0 Å². The van der Waals surface area contributed by atoms with E-state index in [1.807, 2.05) is 17.0 Å². The fraction of sp³-hybridized carbons (Fsp3) is 0.667. The molecule has 0 radical (unpaired) electrons. The van der Waals surface area contributed by atoms with Gasteiger partial charge in [-0.1, -0.05) is 12.1 Å². The number of likely N-dealkylation sites (tertiary alicyclic amines) is 1. The quantitative estimate of drug-likeness (QED) is 0.634. The molecule has 3 aliphatic rings. The van der Waals surface area contributed by atoms with E-state index in [2.05, 4.69) is 15.1 Å². The lowest BCUT2D eigenvalue weighted by molar-refractivity contribution is -0.143. The summed E-state index contributed by atoms with van der Waals surface area (Å²) in [7, 11) is 0. The number of ether oxygens (including phenoxy) is 1. The van der Waals surface area contributed by atoms with Crippen molar-refractivity contribution in [3.8, 4) is 0 Å². The van der Waals surface area contributed by atoms with E-state index in [1.54, 1.807) is 11.8 Å². The van der Waals surface area contributed by atoms with Gasteiger partial charge in [-0.3, -0.25) is 19.4 Å². The third kappa shape index (κ3) is 6.29. The van der Waals surface area contributed by atoms with Crippen molar-refractivity contribution < 1.29 is 18.7 Å². The number of rotatable bonds is 7. The summed E-state index contributed by atoms with van der Waals surface area (Å²) in [4.78, 5) is 34.2. The number of piperazine rings is 1. The number of morpholine rings is 1. The molecule has 2 unspecified atom stereocenters. The topological polar surface area (TPSA) is 68.4 Å². The average Bonchev–Trinajstić information content (AvgIpc) is 3.29. The highest BCUT2D eigenvalue weighted by Gasteiger charge is 2.42. The molecule has 3 saturated heterocycles. The van der Waals surface area contributed by atoms with Crippen molar-refractivity contribution >= 4 is 11.8 Å². The van der Waals surface area contributed by atoms with Gasteiger partial charge in [-0.25, -0.2) is 4.39 Å². The van der Waals surface area contributed by atoms with E-state index < -0.39 is 6.04 Å². The molecule has 0 saturated carbocycles. The summed E-state index contributed by atoms with van der Waals surface area (Å²) in [5.41, 5.74) is 1.03. The van der Waals surface area contributed by atoms with Gasteiger partial charge >= 0.3 is 0 Å². The van der Waals surface area contributed by atoms with E-state index in [-0.39, 0.29) is 23.7 Å². The first-order valence-corrected chi connectivity index (χ1v) is 12.1. The van der Waals surface area contributed by atoms with E-state index in [1.165, 1.54) is 12.1 Å². The smallest absolute Gasteiger partial charge is 0.245 e. The standard InChI is InChI=1S/C24H36FN5O3/c1-19(31)30-18-22(16-23(30)24(32)28-8-6-26-7-9-28)29(11-10-27-12-14-33-15-13-27)17-20-2-4-21(25)5-3-20/h2-5,22-23,26H,6-18H2,1H3. The number of halogens is 1. The lowest BCUT2D eigenvalue weighted by Crippen LogP contribution is -2.53. The Morgan fingerprint density at radius 3 is 2.48 bits per heavy atom. The van der Waals surface area contributed by atoms with Crippen molar-refractivity contribution in [1.29, 1.82) is 0 Å². The van der Waals surface area contributed by atoms with Crippen molar-refractivity contribution in [1.82, 2.24) is 24.9 Å². The molecule has 2 atom stereocenters. The second-order valence-electron chi connectivity index (χ2n) is 9.20. The minimum Gasteiger partial charge on any atom is -0.379 e. The van der Waals surface area contributed by atoms with Crippen molar-refractivity contribution in [2.45, 2.75) is 32.0 Å². The van der Waals surface area contributed by atoms with Gasteiger partial charge in [-0.05, 0) is 24.1 Å². The van der Waals surface area contributed by atoms with Crippen molar-refractivity contribution in [3.05, 3.63) is 35.6 Å². The Morgan fingerprint density at radius 2 is 1.82 bits per heavy atom. The van der Waals surface area contributed by atoms with Crippen molar-refractivity contribution in [2.24, 2.45) is 0 Å². The average molecular weight is 462 g/mol. The van der Waals surface area contributed by atoms with Crippen LogP contribution in [0, 0.1) is 5.82 Å². The summed E-state index contributed by atoms with van der Waals surface area (Å²) >= 11 is 0. The van der Waals surface area contributed by atoms with Crippen LogP contribution in [0.4, 0.5) is 4.39 Å². The molecule has 2 amide bonds. The molecular weight excluding hydrogens is 425 g/mol. The second kappa shape index (κ2) is 11.4. The van der Waals surface area contributed by atoms with Crippen LogP contribution in [-0.4, -0.2) is 116 Å². The number of amides is 2. The third-order valence-electron chi connectivity index (χ3n) is 7.02. The maximum Gasteiger partial charge on any atom is 0.245 e. The molecule has 3 heterocycles. The maximum atomic E-state index is 13.5. The first-order chi connectivity index (χ1) is 16.0. The summed E-state index contributed by atoms with van der Waals surface area (Å²) in [6, 6.07) is 6.28. The van der Waals surface area contributed by atoms with Crippen molar-refractivity contribution in [2.75, 3.05) is 72.1 Å². The first kappa shape index (κ1) is 24.1. The number of nitrogens with one attached hydrogen (secondary N) is 1. The van der Waals surface area contributed by atoms with E-state index in [9.17, 15) is 14.0 Å². The molecule has 8 nitrogen and oxygen atoms in total. The Hall–Kier alpha value is -2.07. The maximum absolute atomic E-state index is 13.5. The summed E-state index contributed by atoms with van der Waals surface area (Å²) in [5, 5.41) is 3.28. The van der Waals surface area contributed by atoms with Crippen LogP contribution >= 0.6 is 0 Å². The van der Waals surface area contributed by atoms with E-state index >= 15 is 0 Å². The Labute approximate surface area is 195 Å². The summed E-state index contributed by atoms with van der Waals surface area (Å²) in [6.07, 6.45) is 0.632. The zero-order chi connectivity index (χ0) is 23.2. The summed E-state index contributed by atoms with van der Waals surface area (Å²) in [6.45, 7) is 10.8. The zero-order valence-corrected chi connectivity index (χ0v) is 19.5. The normalized spacial score (nSPS) is 24.5. The molecule has 0 bridgehead atoms. The number of hydrogen-bond donors (Lipinski definition) is 1. The molecule has 33 heavy (non-hydrogen) atoms. The molecule has 1 N–H and O–H groups in total. The molecule has 1 aromatic rings. The fourth-order valence-corrected chi connectivity index (χ4v) is 5.07. The van der Waals surface area contributed by atoms with Crippen LogP contribution in [0.3, 0.4) is 0 Å². The second-order valence-corrected chi connectivity index (χ2v) is 9.20. The van der Waals surface area contributed by atoms with Crippen LogP contribution in [0.2, 0.25) is 0 Å². The Bertz CT molecular complexity index is 796. The lowest BCUT2D eigenvalue weighted by atomic mass is 10.1. The molecule has 0 spiro atoms. The first-order valence-electron chi connectivity index (χ1n) is 12.1. The number of carbonyl (C=O) groups excluding carboxylic acids is 2. The monoisotopic (exact) mass is 461 g/mol. The highest BCUT2D eigenvalue weighted by molar-refractivity contribution is 5.87. The van der Waals surface area contributed by atoms with Crippen molar-refractivity contribution in [3.63, 3.8) is 0 Å². The number of hydrogen-bond acceptors (Lipinski definition) is 6. The van der Waals surface area contributed by atoms with Gasteiger partial charge in [0, 0.05) is 78.4 Å². The Morgan fingerprint density at radius 1 is 1.12 bits per heavy atom. The van der Waals surface area contributed by atoms with E-state index in [0.717, 1.165) is 58.0 Å². The SMILES string of the molecule is CC(=O)N1CC(N(CCN2CCOCC2)Cc2ccc(F)cc2)CC1C(=O)N1CCNCC1. The van der Waals surface area contributed by atoms with E-state index in [0.29, 0.717) is 32.6 Å². The molecule has 3 fully saturated rings. The number of nitrogens with zero attached hydrogens (tertiary/aromatic N) is 4. The molecule has 3 aliphatic heterocycles. The van der Waals surface area contributed by atoms with Gasteiger partial charge in [-0.2, -0.15) is 0 Å². The highest BCUT2D eigenvalue weighted by atomic mass is 19.1. The van der Waals surface area contributed by atoms with Gasteiger partial charge in [0.2, 0.25) is 11.8 Å². The third-order valence-corrected chi connectivity index (χ3v) is 7.02. The molecule has 182 valence electrons. The minimum atomic E-state index is -0.412. The Kier molecular flexibility index (Phi) is 8.29. The minimum absolute atomic E-state index is 0.0547. The molecule has 9 heteroatoms. The van der Waals surface area contributed by atoms with Crippen LogP contribution < -0.4 is 5.32 Å². The predicted molar refractivity (Wildman–Crippen MR) is 123 cm³/mol. The predicted octanol–water partition coefficient (Wildman–Crippen LogP) is 0.381. The van der Waals surface area contributed by atoms with Crippen LogP contribution in [0.1, 0.15) is 18.9 Å². The van der Waals surface area contributed by atoms with Crippen LogP contribution in [0.15, 0.2) is 24.3 Å². The lowest BCUT2D eigenvalue weighted by Gasteiger charge is -2.33. The van der Waals surface area contributed by atoms with Gasteiger partial charge < -0.3 is 19.9 Å². The van der Waals surface area contributed by atoms with Gasteiger partial charge in [0.05, 0.1) is 13.2 Å². The van der Waals surface area contributed by atoms with Crippen LogP contribution in [-0.2, 0) is 20.9 Å². The molecule has 1 aromatic carbocycles. The van der Waals surface area contributed by atoms with Gasteiger partial charge in [0.1, 0.15) is 11.9 Å². The fourth-order valence-electron chi connectivity index (χ4n) is 5.07. The van der Waals surface area contributed by atoms with E-state index in [4.69, 9.17) is 4.74 Å². The van der Waals surface area contributed by atoms with Gasteiger partial charge in [-0.15, -0.1) is 0 Å². The van der Waals surface area contributed by atoms with Crippen LogP contribution in [0.5, 0.6) is 0 Å². The Balaban J connectivity index is 1.48. The zero-order valence-electron chi connectivity index (χ0n) is 19.5. The molecule has 4 rings (SSSR count). The summed E-state index contributed by atoms with van der Waals surface area (Å²) in [5.74, 6) is -0.242. The summed E-state index contributed by atoms with van der Waals surface area (Å²) < 4.78 is 18.9. The van der Waals surface area contributed by atoms with Gasteiger partial charge in [0.15, 0.2) is 0 Å².